The van der Waals surface area contributed by atoms with Crippen molar-refractivity contribution in [2.75, 3.05) is 0 Å². The molecule has 0 fully saturated rings. The first kappa shape index (κ1) is 84.6. The minimum absolute atomic E-state index is 0.900. The van der Waals surface area contributed by atoms with Crippen LogP contribution in [-0.2, 0) is 0 Å². The molecule has 696 valence electrons. The van der Waals surface area contributed by atoms with E-state index in [-0.39, 0.29) is 0 Å². The highest BCUT2D eigenvalue weighted by molar-refractivity contribution is 6.48. The first-order valence-electron chi connectivity index (χ1n) is 51.6. The highest BCUT2D eigenvalue weighted by atomic mass is 16.3. The number of fused-ring (bicyclic) bond motifs is 45. The summed E-state index contributed by atoms with van der Waals surface area (Å²) in [5.41, 5.74) is 29.9. The van der Waals surface area contributed by atoms with Crippen LogP contribution in [0.4, 0.5) is 0 Å². The molecule has 0 radical (unpaired) electrons. The van der Waals surface area contributed by atoms with Gasteiger partial charge in [0, 0.05) is 114 Å². The molecule has 0 N–H and O–H groups in total. The Morgan fingerprint density at radius 1 is 0.113 bits per heavy atom. The molecule has 0 amide bonds. The fourth-order valence-corrected chi connectivity index (χ4v) is 25.2. The molecule has 0 aliphatic carbocycles. The van der Waals surface area contributed by atoms with Crippen LogP contribution in [0.3, 0.4) is 0 Å². The zero-order valence-corrected chi connectivity index (χ0v) is 81.3. The van der Waals surface area contributed by atoms with Gasteiger partial charge in [0.05, 0.1) is 33.1 Å². The third-order valence-electron chi connectivity index (χ3n) is 31.6. The van der Waals surface area contributed by atoms with Crippen molar-refractivity contribution in [2.45, 2.75) is 0 Å². The number of hydrogen-bond acceptors (Lipinski definition) is 3. The zero-order chi connectivity index (χ0) is 98.3. The molecule has 0 saturated heterocycles. The van der Waals surface area contributed by atoms with Crippen LogP contribution in [0.5, 0.6) is 0 Å². The number of hydrogen-bond donors (Lipinski definition) is 0. The molecule has 33 rings (SSSR count). The summed E-state index contributed by atoms with van der Waals surface area (Å²) < 4.78 is 28.2. The normalized spacial score (nSPS) is 12.0. The molecular weight excluding hydrogens is 1820 g/mol. The van der Waals surface area contributed by atoms with E-state index in [9.17, 15) is 0 Å². The van der Waals surface area contributed by atoms with Gasteiger partial charge in [-0.2, -0.15) is 0 Å². The molecule has 6 nitrogen and oxygen atoms in total. The highest BCUT2D eigenvalue weighted by Crippen LogP contribution is 2.56. The monoisotopic (exact) mass is 1910 g/mol. The standard InChI is InChI=1S/3C48H29NO/c1-2-14-30(15-3-1)31-16-12-17-32(28-31)33-18-13-19-34(29-33)49-41-26-10-8-24-39(41)45-43-37-22-6-4-20-35(37)36-21-5-7-23-38(36)44(43)46-40-25-9-11-27-42(40)50-48(46)47(45)49;1-2-13-30(14-3-1)32-15-12-16-33(29-32)31-25-27-34(28-26-31)49-41-23-10-8-21-39(41)45-43-37-19-6-4-17-35(37)36-18-5-7-20-38(36)44(43)46-40-22-9-11-24-42(40)50-48(46)47(45)49;1-2-13-30(14-3-1)31-25-27-32(28-26-31)33-15-12-16-34(29-33)49-41-23-10-8-21-39(41)45-43-37-19-6-4-17-35(37)36-18-5-7-20-38(36)44(43)46-40-22-9-11-24-42(40)50-48(46)47(45)49/h3*1-29H. The fourth-order valence-electron chi connectivity index (χ4n) is 25.2. The van der Waals surface area contributed by atoms with Crippen LogP contribution in [0, 0.1) is 0 Å². The largest absolute Gasteiger partial charge is 0.454 e. The van der Waals surface area contributed by atoms with Crippen LogP contribution < -0.4 is 0 Å². The molecule has 27 aromatic carbocycles. The van der Waals surface area contributed by atoms with Gasteiger partial charge >= 0.3 is 0 Å². The van der Waals surface area contributed by atoms with Gasteiger partial charge in [-0.05, 0) is 216 Å². The van der Waals surface area contributed by atoms with Crippen molar-refractivity contribution in [1.29, 1.82) is 0 Å². The molecule has 0 aliphatic rings. The van der Waals surface area contributed by atoms with E-state index in [0.717, 1.165) is 99.8 Å². The van der Waals surface area contributed by atoms with Gasteiger partial charge in [-0.1, -0.05) is 443 Å². The second-order valence-corrected chi connectivity index (χ2v) is 39.6. The van der Waals surface area contributed by atoms with Gasteiger partial charge < -0.3 is 27.0 Å². The molecule has 6 heterocycles. The lowest BCUT2D eigenvalue weighted by Crippen LogP contribution is -1.95. The first-order chi connectivity index (χ1) is 74.5. The molecule has 0 unspecified atom stereocenters. The molecule has 0 bridgehead atoms. The zero-order valence-electron chi connectivity index (χ0n) is 81.3. The lowest BCUT2D eigenvalue weighted by molar-refractivity contribution is 0.671. The molecule has 33 aromatic rings. The van der Waals surface area contributed by atoms with Crippen LogP contribution >= 0.6 is 0 Å². The minimum Gasteiger partial charge on any atom is -0.454 e. The number of furan rings is 3. The SMILES string of the molecule is c1ccc(-c2ccc(-c3cccc(-n4c5ccccc5c5c6c7ccccc7c7ccccc7c6c6c7ccccc7oc6c54)c3)cc2)cc1.c1ccc(-c2cccc(-c3ccc(-n4c5ccccc5c5c6c7ccccc7c7ccccc7c6c6c7ccccc7oc6c54)cc3)c2)cc1.c1ccc(-c2cccc(-c3cccc(-n4c5ccccc5c5c6c7ccccc7c7ccccc7c6c6c7ccccc7oc6c54)c3)c2)cc1. The quantitative estimate of drug-likeness (QED) is 0.135. The van der Waals surface area contributed by atoms with E-state index in [4.69, 9.17) is 13.3 Å². The van der Waals surface area contributed by atoms with Crippen LogP contribution in [-0.4, -0.2) is 13.7 Å². The van der Waals surface area contributed by atoms with Crippen molar-refractivity contribution < 1.29 is 13.3 Å². The Hall–Kier alpha value is -19.9. The van der Waals surface area contributed by atoms with Crippen molar-refractivity contribution in [1.82, 2.24) is 13.7 Å². The number of rotatable bonds is 9. The third-order valence-corrected chi connectivity index (χ3v) is 31.6. The number of benzene rings is 27. The average molecular weight is 1910 g/mol. The maximum atomic E-state index is 6.99. The summed E-state index contributed by atoms with van der Waals surface area (Å²) in [6.07, 6.45) is 0. The van der Waals surface area contributed by atoms with Crippen LogP contribution in [0.25, 0.3) is 312 Å². The predicted octanol–water partition coefficient (Wildman–Crippen LogP) is 40.4. The van der Waals surface area contributed by atoms with E-state index in [1.165, 1.54) is 212 Å². The van der Waals surface area contributed by atoms with Gasteiger partial charge in [-0.15, -0.1) is 0 Å². The molecular formula is C144H87N3O3. The summed E-state index contributed by atoms with van der Waals surface area (Å²) in [5.74, 6) is 0. The third kappa shape index (κ3) is 12.9. The Balaban J connectivity index is 0.000000101. The Morgan fingerprint density at radius 2 is 0.307 bits per heavy atom. The predicted molar refractivity (Wildman–Crippen MR) is 634 cm³/mol. The molecule has 0 saturated carbocycles. The van der Waals surface area contributed by atoms with Crippen molar-refractivity contribution in [2.24, 2.45) is 0 Å². The molecule has 0 atom stereocenters. The second kappa shape index (κ2) is 33.9. The van der Waals surface area contributed by atoms with E-state index >= 15 is 0 Å². The van der Waals surface area contributed by atoms with Crippen molar-refractivity contribution in [3.8, 4) is 83.8 Å². The summed E-state index contributed by atoms with van der Waals surface area (Å²) in [4.78, 5) is 0. The Labute approximate surface area is 860 Å². The maximum Gasteiger partial charge on any atom is 0.160 e. The van der Waals surface area contributed by atoms with E-state index in [2.05, 4.69) is 541 Å². The highest BCUT2D eigenvalue weighted by Gasteiger charge is 2.32. The van der Waals surface area contributed by atoms with Gasteiger partial charge in [0.1, 0.15) is 16.7 Å². The number of nitrogens with zero attached hydrogens (tertiary/aromatic N) is 3. The molecule has 6 aromatic heterocycles. The van der Waals surface area contributed by atoms with E-state index in [1.54, 1.807) is 0 Å². The Bertz CT molecular complexity index is 11400. The van der Waals surface area contributed by atoms with Crippen LogP contribution in [0.2, 0.25) is 0 Å². The van der Waals surface area contributed by atoms with E-state index in [0.29, 0.717) is 0 Å². The van der Waals surface area contributed by atoms with Crippen molar-refractivity contribution >= 4 is 228 Å². The van der Waals surface area contributed by atoms with Gasteiger partial charge in [0.15, 0.2) is 16.7 Å². The van der Waals surface area contributed by atoms with Gasteiger partial charge in [-0.3, -0.25) is 0 Å². The Morgan fingerprint density at radius 3 is 0.613 bits per heavy atom. The minimum atomic E-state index is 0.900. The molecule has 0 aliphatic heterocycles. The molecule has 0 spiro atoms. The van der Waals surface area contributed by atoms with Crippen LogP contribution in [0.1, 0.15) is 0 Å². The second-order valence-electron chi connectivity index (χ2n) is 39.6. The fraction of sp³-hybridized carbons (Fsp3) is 0. The number of aromatic nitrogens is 3. The van der Waals surface area contributed by atoms with E-state index in [1.807, 2.05) is 0 Å². The maximum absolute atomic E-state index is 6.99. The number of para-hydroxylation sites is 6. The summed E-state index contributed by atoms with van der Waals surface area (Å²) in [6.45, 7) is 0. The topological polar surface area (TPSA) is 54.2 Å². The lowest BCUT2D eigenvalue weighted by atomic mass is 9.89. The Kier molecular flexibility index (Phi) is 19.1. The first-order valence-corrected chi connectivity index (χ1v) is 51.6. The van der Waals surface area contributed by atoms with Gasteiger partial charge in [0.25, 0.3) is 0 Å². The van der Waals surface area contributed by atoms with Gasteiger partial charge in [-0.25, -0.2) is 0 Å². The van der Waals surface area contributed by atoms with Crippen molar-refractivity contribution in [3.05, 3.63) is 528 Å². The van der Waals surface area contributed by atoms with Crippen LogP contribution in [0.15, 0.2) is 541 Å². The summed E-state index contributed by atoms with van der Waals surface area (Å²) in [5, 5.41) is 36.9. The van der Waals surface area contributed by atoms with Crippen molar-refractivity contribution in [3.63, 3.8) is 0 Å². The smallest absolute Gasteiger partial charge is 0.160 e. The van der Waals surface area contributed by atoms with E-state index < -0.39 is 0 Å². The summed E-state index contributed by atoms with van der Waals surface area (Å²) >= 11 is 0. The van der Waals surface area contributed by atoms with Gasteiger partial charge in [0.2, 0.25) is 0 Å². The summed E-state index contributed by atoms with van der Waals surface area (Å²) in [7, 11) is 0. The lowest BCUT2D eigenvalue weighted by Gasteiger charge is -2.15. The summed E-state index contributed by atoms with van der Waals surface area (Å²) in [6, 6.07) is 190. The molecule has 150 heavy (non-hydrogen) atoms. The molecule has 6 heteroatoms. The average Bonchev–Trinajstić information content (AvgIpc) is 1.51.